The number of benzene rings is 2. The first-order valence-electron chi connectivity index (χ1n) is 11.8. The number of aromatic nitrogens is 2. The molecule has 1 amide bonds. The van der Waals surface area contributed by atoms with E-state index >= 15 is 0 Å². The fourth-order valence-corrected chi connectivity index (χ4v) is 5.13. The number of anilines is 2. The molecule has 0 saturated carbocycles. The lowest BCUT2D eigenvalue weighted by molar-refractivity contribution is -0.148. The number of ether oxygens (including phenoxy) is 1. The number of hydrogen-bond acceptors (Lipinski definition) is 7. The molecule has 2 aromatic carbocycles. The van der Waals surface area contributed by atoms with Gasteiger partial charge in [-0.1, -0.05) is 42.5 Å². The average molecular weight is 472 g/mol. The van der Waals surface area contributed by atoms with Gasteiger partial charge in [0.05, 0.1) is 24.2 Å². The number of piperidine rings is 1. The summed E-state index contributed by atoms with van der Waals surface area (Å²) < 4.78 is 5.17. The summed E-state index contributed by atoms with van der Waals surface area (Å²) in [6.07, 6.45) is 1.44. The second-order valence-corrected chi connectivity index (χ2v) is 8.83. The Morgan fingerprint density at radius 2 is 2.03 bits per heavy atom. The van der Waals surface area contributed by atoms with E-state index in [2.05, 4.69) is 21.4 Å². The summed E-state index contributed by atoms with van der Waals surface area (Å²) in [6.45, 7) is 3.05. The van der Waals surface area contributed by atoms with Crippen molar-refractivity contribution in [3.63, 3.8) is 0 Å². The van der Waals surface area contributed by atoms with Crippen LogP contribution in [0.4, 0.5) is 11.8 Å². The number of carbonyl (C=O) groups is 2. The van der Waals surface area contributed by atoms with Gasteiger partial charge in [0.2, 0.25) is 11.9 Å². The Hall–Kier alpha value is -4.19. The maximum Gasteiger partial charge on any atom is 0.310 e. The van der Waals surface area contributed by atoms with Gasteiger partial charge in [-0.25, -0.2) is 0 Å². The highest BCUT2D eigenvalue weighted by Crippen LogP contribution is 2.41. The number of H-pyrrole nitrogens is 1. The Balaban J connectivity index is 1.59. The van der Waals surface area contributed by atoms with Crippen LogP contribution in [-0.2, 0) is 14.3 Å². The lowest BCUT2D eigenvalue weighted by Crippen LogP contribution is -2.43. The van der Waals surface area contributed by atoms with E-state index in [1.54, 1.807) is 6.92 Å². The zero-order chi connectivity index (χ0) is 24.5. The van der Waals surface area contributed by atoms with Gasteiger partial charge >= 0.3 is 5.97 Å². The van der Waals surface area contributed by atoms with E-state index < -0.39 is 23.3 Å². The molecule has 3 atom stereocenters. The summed E-state index contributed by atoms with van der Waals surface area (Å²) in [5, 5.41) is 14.4. The Morgan fingerprint density at radius 1 is 1.23 bits per heavy atom. The Labute approximate surface area is 201 Å². The van der Waals surface area contributed by atoms with Crippen LogP contribution in [0.1, 0.15) is 36.8 Å². The second kappa shape index (κ2) is 9.22. The van der Waals surface area contributed by atoms with Crippen LogP contribution in [-0.4, -0.2) is 41.5 Å². The first kappa shape index (κ1) is 22.6. The highest BCUT2D eigenvalue weighted by atomic mass is 16.5. The number of esters is 1. The van der Waals surface area contributed by atoms with Gasteiger partial charge in [-0.05, 0) is 36.1 Å². The highest BCUT2D eigenvalue weighted by molar-refractivity contribution is 5.99. The van der Waals surface area contributed by atoms with E-state index in [1.165, 1.54) is 0 Å². The van der Waals surface area contributed by atoms with Gasteiger partial charge in [-0.3, -0.25) is 19.4 Å². The molecule has 5 rings (SSSR count). The molecule has 3 heterocycles. The fourth-order valence-electron chi connectivity index (χ4n) is 5.13. The van der Waals surface area contributed by atoms with Crippen molar-refractivity contribution in [2.75, 3.05) is 29.9 Å². The van der Waals surface area contributed by atoms with Gasteiger partial charge in [0, 0.05) is 19.0 Å². The molecule has 0 bridgehead atoms. The molecule has 3 unspecified atom stereocenters. The van der Waals surface area contributed by atoms with Crippen LogP contribution in [0.3, 0.4) is 0 Å². The molecule has 1 fully saturated rings. The molecule has 2 aliphatic rings. The predicted octanol–water partition coefficient (Wildman–Crippen LogP) is 2.93. The molecule has 9 heteroatoms. The van der Waals surface area contributed by atoms with E-state index in [0.29, 0.717) is 26.1 Å². The zero-order valence-electron chi connectivity index (χ0n) is 19.3. The van der Waals surface area contributed by atoms with E-state index in [0.717, 1.165) is 22.8 Å². The molecule has 35 heavy (non-hydrogen) atoms. The van der Waals surface area contributed by atoms with Crippen molar-refractivity contribution in [2.45, 2.75) is 25.7 Å². The zero-order valence-corrected chi connectivity index (χ0v) is 19.3. The number of fused-ring (bicyclic) bond motifs is 2. The number of aromatic amines is 1. The standard InChI is InChI=1S/C26H25N5O4/c1-2-35-25(34)16-9-6-12-31(14-16)26-29-22-21(24(33)30-26)20(19(13-27)23(32)28-22)18-11-5-8-15-7-3-4-10-17(15)18/h3-5,7-8,10-11,16,19-20H,2,6,9,12,14H2,1H3,(H2,28,29,30,32,33). The third kappa shape index (κ3) is 4.01. The smallest absolute Gasteiger partial charge is 0.310 e. The third-order valence-corrected chi connectivity index (χ3v) is 6.75. The molecule has 9 nitrogen and oxygen atoms in total. The van der Waals surface area contributed by atoms with Crippen LogP contribution in [0.2, 0.25) is 0 Å². The fraction of sp³-hybridized carbons (Fsp3) is 0.346. The number of nitrogens with one attached hydrogen (secondary N) is 2. The van der Waals surface area contributed by atoms with E-state index in [1.807, 2.05) is 47.4 Å². The van der Waals surface area contributed by atoms with Gasteiger partial charge in [0.25, 0.3) is 5.56 Å². The largest absolute Gasteiger partial charge is 0.466 e. The predicted molar refractivity (Wildman–Crippen MR) is 130 cm³/mol. The molecule has 1 aromatic heterocycles. The number of amides is 1. The van der Waals surface area contributed by atoms with Gasteiger partial charge in [0.15, 0.2) is 0 Å². The van der Waals surface area contributed by atoms with Crippen LogP contribution in [0, 0.1) is 23.2 Å². The minimum absolute atomic E-state index is 0.149. The van der Waals surface area contributed by atoms with Crippen molar-refractivity contribution in [2.24, 2.45) is 11.8 Å². The molecule has 3 aromatic rings. The SMILES string of the molecule is CCOC(=O)C1CCCN(c2nc3c(c(=O)[nH]2)C(c2cccc4ccccc24)C(C#N)C(=O)N3)C1. The minimum atomic E-state index is -1.08. The van der Waals surface area contributed by atoms with E-state index in [4.69, 9.17) is 4.74 Å². The Bertz CT molecular complexity index is 1400. The number of carbonyl (C=O) groups excluding carboxylic acids is 2. The second-order valence-electron chi connectivity index (χ2n) is 8.83. The van der Waals surface area contributed by atoms with Gasteiger partial charge in [-0.15, -0.1) is 0 Å². The van der Waals surface area contributed by atoms with E-state index in [9.17, 15) is 19.6 Å². The monoisotopic (exact) mass is 471 g/mol. The van der Waals surface area contributed by atoms with Gasteiger partial charge in [0.1, 0.15) is 11.7 Å². The summed E-state index contributed by atoms with van der Waals surface area (Å²) in [4.78, 5) is 48.0. The Kier molecular flexibility index (Phi) is 5.95. The van der Waals surface area contributed by atoms with Crippen molar-refractivity contribution in [1.82, 2.24) is 9.97 Å². The normalized spacial score (nSPS) is 21.7. The molecule has 2 N–H and O–H groups in total. The molecular formula is C26H25N5O4. The average Bonchev–Trinajstić information content (AvgIpc) is 2.87. The number of nitrogens with zero attached hydrogens (tertiary/aromatic N) is 3. The first-order valence-corrected chi connectivity index (χ1v) is 11.8. The molecular weight excluding hydrogens is 446 g/mol. The maximum absolute atomic E-state index is 13.5. The van der Waals surface area contributed by atoms with Gasteiger partial charge in [-0.2, -0.15) is 10.2 Å². The van der Waals surface area contributed by atoms with Crippen LogP contribution in [0.25, 0.3) is 10.8 Å². The number of nitriles is 1. The van der Waals surface area contributed by atoms with Crippen molar-refractivity contribution in [3.05, 3.63) is 63.9 Å². The molecule has 0 aliphatic carbocycles. The van der Waals surface area contributed by atoms with Crippen LogP contribution in [0.5, 0.6) is 0 Å². The van der Waals surface area contributed by atoms with Gasteiger partial charge < -0.3 is 15.0 Å². The van der Waals surface area contributed by atoms with E-state index in [-0.39, 0.29) is 29.2 Å². The van der Waals surface area contributed by atoms with Crippen LogP contribution >= 0.6 is 0 Å². The maximum atomic E-state index is 13.5. The van der Waals surface area contributed by atoms with Crippen molar-refractivity contribution >= 4 is 34.4 Å². The summed E-state index contributed by atoms with van der Waals surface area (Å²) in [5.74, 6) is -2.49. The summed E-state index contributed by atoms with van der Waals surface area (Å²) in [5.41, 5.74) is 0.572. The topological polar surface area (TPSA) is 128 Å². The highest BCUT2D eigenvalue weighted by Gasteiger charge is 2.41. The number of hydrogen-bond donors (Lipinski definition) is 2. The number of rotatable bonds is 4. The molecule has 2 aliphatic heterocycles. The third-order valence-electron chi connectivity index (χ3n) is 6.75. The molecule has 178 valence electrons. The molecule has 1 saturated heterocycles. The summed E-state index contributed by atoms with van der Waals surface area (Å²) >= 11 is 0. The van der Waals surface area contributed by atoms with Crippen molar-refractivity contribution in [1.29, 1.82) is 5.26 Å². The Morgan fingerprint density at radius 3 is 2.83 bits per heavy atom. The van der Waals surface area contributed by atoms with Crippen LogP contribution in [0.15, 0.2) is 47.3 Å². The summed E-state index contributed by atoms with van der Waals surface area (Å²) in [6, 6.07) is 15.4. The van der Waals surface area contributed by atoms with Crippen molar-refractivity contribution in [3.8, 4) is 6.07 Å². The quantitative estimate of drug-likeness (QED) is 0.560. The minimum Gasteiger partial charge on any atom is -0.466 e. The van der Waals surface area contributed by atoms with Crippen LogP contribution < -0.4 is 15.8 Å². The lowest BCUT2D eigenvalue weighted by atomic mass is 9.77. The summed E-state index contributed by atoms with van der Waals surface area (Å²) in [7, 11) is 0. The van der Waals surface area contributed by atoms with Crippen molar-refractivity contribution < 1.29 is 14.3 Å². The lowest BCUT2D eigenvalue weighted by Gasteiger charge is -2.33. The first-order chi connectivity index (χ1) is 17.0. The molecule has 0 spiro atoms. The molecule has 0 radical (unpaired) electrons.